The zero-order valence-electron chi connectivity index (χ0n) is 16.3. The van der Waals surface area contributed by atoms with Crippen molar-refractivity contribution in [2.75, 3.05) is 32.6 Å². The van der Waals surface area contributed by atoms with E-state index in [1.165, 1.54) is 0 Å². The molecule has 0 bridgehead atoms. The van der Waals surface area contributed by atoms with Gasteiger partial charge in [-0.25, -0.2) is 0 Å². The van der Waals surface area contributed by atoms with Crippen molar-refractivity contribution in [1.82, 2.24) is 4.90 Å². The van der Waals surface area contributed by atoms with Crippen LogP contribution < -0.4 is 10.1 Å². The van der Waals surface area contributed by atoms with E-state index in [0.29, 0.717) is 24.3 Å². The maximum Gasteiger partial charge on any atom is 0.255 e. The molecule has 28 heavy (non-hydrogen) atoms. The number of nitrogens with one attached hydrogen (secondary N) is 1. The van der Waals surface area contributed by atoms with Gasteiger partial charge in [-0.1, -0.05) is 12.1 Å². The molecule has 0 aliphatic carbocycles. The molecule has 1 saturated heterocycles. The number of likely N-dealkylation sites (N-methyl/N-ethyl adjacent to an activating group) is 1. The van der Waals surface area contributed by atoms with E-state index in [9.17, 15) is 9.59 Å². The lowest BCUT2D eigenvalue weighted by molar-refractivity contribution is -0.127. The Morgan fingerprint density at radius 2 is 1.82 bits per heavy atom. The molecule has 2 amide bonds. The smallest absolute Gasteiger partial charge is 0.255 e. The number of ether oxygens (including phenoxy) is 2. The van der Waals surface area contributed by atoms with Crippen LogP contribution in [-0.2, 0) is 16.0 Å². The highest BCUT2D eigenvalue weighted by Crippen LogP contribution is 2.18. The van der Waals surface area contributed by atoms with Gasteiger partial charge in [0.15, 0.2) is 0 Å². The number of hydrogen-bond acceptors (Lipinski definition) is 4. The van der Waals surface area contributed by atoms with E-state index in [0.717, 1.165) is 30.8 Å². The molecule has 6 nitrogen and oxygen atoms in total. The number of benzene rings is 2. The van der Waals surface area contributed by atoms with E-state index in [2.05, 4.69) is 5.32 Å². The van der Waals surface area contributed by atoms with Crippen LogP contribution >= 0.6 is 0 Å². The first-order valence-corrected chi connectivity index (χ1v) is 9.46. The quantitative estimate of drug-likeness (QED) is 0.799. The van der Waals surface area contributed by atoms with Gasteiger partial charge in [-0.05, 0) is 54.8 Å². The van der Waals surface area contributed by atoms with E-state index in [1.54, 1.807) is 55.4 Å². The lowest BCUT2D eigenvalue weighted by atomic mass is 10.1. The third-order valence-corrected chi connectivity index (χ3v) is 4.64. The number of carbonyl (C=O) groups is 2. The van der Waals surface area contributed by atoms with Crippen LogP contribution in [0.15, 0.2) is 48.5 Å². The molecule has 1 fully saturated rings. The van der Waals surface area contributed by atoms with Gasteiger partial charge in [0.2, 0.25) is 5.91 Å². The summed E-state index contributed by atoms with van der Waals surface area (Å²) in [5, 5.41) is 2.86. The summed E-state index contributed by atoms with van der Waals surface area (Å²) in [7, 11) is 3.46. The first-order chi connectivity index (χ1) is 13.5. The normalized spacial score (nSPS) is 15.9. The highest BCUT2D eigenvalue weighted by molar-refractivity contribution is 6.04. The molecule has 148 valence electrons. The van der Waals surface area contributed by atoms with E-state index in [1.807, 2.05) is 12.1 Å². The molecule has 0 saturated carbocycles. The summed E-state index contributed by atoms with van der Waals surface area (Å²) >= 11 is 0. The topological polar surface area (TPSA) is 67.9 Å². The summed E-state index contributed by atoms with van der Waals surface area (Å²) in [6.07, 6.45) is 2.62. The molecule has 1 aliphatic rings. The summed E-state index contributed by atoms with van der Waals surface area (Å²) in [6.45, 7) is 1.34. The van der Waals surface area contributed by atoms with Gasteiger partial charge in [0, 0.05) is 32.0 Å². The molecule has 1 atom stereocenters. The molecule has 1 heterocycles. The molecule has 1 aliphatic heterocycles. The fraction of sp³-hybridized carbons (Fsp3) is 0.364. The largest absolute Gasteiger partial charge is 0.491 e. The predicted molar refractivity (Wildman–Crippen MR) is 108 cm³/mol. The monoisotopic (exact) mass is 382 g/mol. The van der Waals surface area contributed by atoms with Crippen LogP contribution in [0, 0.1) is 0 Å². The van der Waals surface area contributed by atoms with Crippen molar-refractivity contribution < 1.29 is 19.1 Å². The summed E-state index contributed by atoms with van der Waals surface area (Å²) in [5.74, 6) is 0.573. The standard InChI is InChI=1S/C22H26N2O4/c1-24(2)21(25)14-16-5-9-18(10-6-16)23-22(26)17-7-11-19(12-8-17)28-15-20-4-3-13-27-20/h5-12,20H,3-4,13-15H2,1-2H3,(H,23,26). The van der Waals surface area contributed by atoms with Gasteiger partial charge in [-0.2, -0.15) is 0 Å². The Kier molecular flexibility index (Phi) is 6.66. The number of hydrogen-bond donors (Lipinski definition) is 1. The zero-order chi connectivity index (χ0) is 19.9. The summed E-state index contributed by atoms with van der Waals surface area (Å²) in [6, 6.07) is 14.4. The number of rotatable bonds is 7. The fourth-order valence-corrected chi connectivity index (χ4v) is 2.91. The lowest BCUT2D eigenvalue weighted by Crippen LogP contribution is -2.23. The van der Waals surface area contributed by atoms with Crippen molar-refractivity contribution >= 4 is 17.5 Å². The van der Waals surface area contributed by atoms with Gasteiger partial charge >= 0.3 is 0 Å². The number of carbonyl (C=O) groups excluding carboxylic acids is 2. The van der Waals surface area contributed by atoms with Gasteiger partial charge in [-0.3, -0.25) is 9.59 Å². The Morgan fingerprint density at radius 3 is 2.43 bits per heavy atom. The molecule has 0 radical (unpaired) electrons. The Morgan fingerprint density at radius 1 is 1.11 bits per heavy atom. The van der Waals surface area contributed by atoms with Gasteiger partial charge in [-0.15, -0.1) is 0 Å². The van der Waals surface area contributed by atoms with Crippen molar-refractivity contribution in [3.05, 3.63) is 59.7 Å². The second-order valence-corrected chi connectivity index (χ2v) is 7.09. The van der Waals surface area contributed by atoms with E-state index in [4.69, 9.17) is 9.47 Å². The Hall–Kier alpha value is -2.86. The summed E-state index contributed by atoms with van der Waals surface area (Å²) in [5.41, 5.74) is 2.14. The predicted octanol–water partition coefficient (Wildman–Crippen LogP) is 3.13. The van der Waals surface area contributed by atoms with Crippen LogP contribution in [0.3, 0.4) is 0 Å². The molecule has 1 unspecified atom stereocenters. The molecule has 2 aromatic carbocycles. The maximum absolute atomic E-state index is 12.4. The van der Waals surface area contributed by atoms with Gasteiger partial charge in [0.05, 0.1) is 12.5 Å². The number of amides is 2. The first-order valence-electron chi connectivity index (χ1n) is 9.46. The van der Waals surface area contributed by atoms with Crippen LogP contribution in [0.4, 0.5) is 5.69 Å². The van der Waals surface area contributed by atoms with Crippen LogP contribution in [0.2, 0.25) is 0 Å². The minimum atomic E-state index is -0.192. The van der Waals surface area contributed by atoms with E-state index >= 15 is 0 Å². The van der Waals surface area contributed by atoms with Crippen LogP contribution in [0.5, 0.6) is 5.75 Å². The molecular formula is C22H26N2O4. The third kappa shape index (κ3) is 5.57. The maximum atomic E-state index is 12.4. The molecular weight excluding hydrogens is 356 g/mol. The van der Waals surface area contributed by atoms with Gasteiger partial charge in [0.25, 0.3) is 5.91 Å². The fourth-order valence-electron chi connectivity index (χ4n) is 2.91. The van der Waals surface area contributed by atoms with Gasteiger partial charge < -0.3 is 19.7 Å². The number of anilines is 1. The minimum absolute atomic E-state index is 0.0404. The molecule has 0 spiro atoms. The van der Waals surface area contributed by atoms with Crippen molar-refractivity contribution in [2.24, 2.45) is 0 Å². The second-order valence-electron chi connectivity index (χ2n) is 7.09. The minimum Gasteiger partial charge on any atom is -0.491 e. The molecule has 3 rings (SSSR count). The van der Waals surface area contributed by atoms with Crippen molar-refractivity contribution in [2.45, 2.75) is 25.4 Å². The summed E-state index contributed by atoms with van der Waals surface area (Å²) in [4.78, 5) is 25.7. The first kappa shape index (κ1) is 19.9. The van der Waals surface area contributed by atoms with Crippen molar-refractivity contribution in [1.29, 1.82) is 0 Å². The van der Waals surface area contributed by atoms with Crippen molar-refractivity contribution in [3.63, 3.8) is 0 Å². The van der Waals surface area contributed by atoms with Crippen LogP contribution in [-0.4, -0.2) is 50.1 Å². The number of nitrogens with zero attached hydrogens (tertiary/aromatic N) is 1. The highest BCUT2D eigenvalue weighted by atomic mass is 16.5. The van der Waals surface area contributed by atoms with Crippen molar-refractivity contribution in [3.8, 4) is 5.75 Å². The second kappa shape index (κ2) is 9.37. The Bertz CT molecular complexity index is 794. The van der Waals surface area contributed by atoms with Crippen LogP contribution in [0.25, 0.3) is 0 Å². The SMILES string of the molecule is CN(C)C(=O)Cc1ccc(NC(=O)c2ccc(OCC3CCCO3)cc2)cc1. The molecule has 2 aromatic rings. The van der Waals surface area contributed by atoms with E-state index in [-0.39, 0.29) is 17.9 Å². The average molecular weight is 382 g/mol. The third-order valence-electron chi connectivity index (χ3n) is 4.64. The van der Waals surface area contributed by atoms with E-state index < -0.39 is 0 Å². The molecule has 6 heteroatoms. The zero-order valence-corrected chi connectivity index (χ0v) is 16.3. The molecule has 0 aromatic heterocycles. The average Bonchev–Trinajstić information content (AvgIpc) is 3.22. The van der Waals surface area contributed by atoms with Gasteiger partial charge in [0.1, 0.15) is 12.4 Å². The Labute approximate surface area is 165 Å². The highest BCUT2D eigenvalue weighted by Gasteiger charge is 2.16. The molecule has 1 N–H and O–H groups in total. The summed E-state index contributed by atoms with van der Waals surface area (Å²) < 4.78 is 11.3. The van der Waals surface area contributed by atoms with Crippen LogP contribution in [0.1, 0.15) is 28.8 Å². The Balaban J connectivity index is 1.51. The lowest BCUT2D eigenvalue weighted by Gasteiger charge is -2.12.